The van der Waals surface area contributed by atoms with Crippen molar-refractivity contribution in [3.8, 4) is 0 Å². The number of rotatable bonds is 4. The molecule has 1 heterocycles. The van der Waals surface area contributed by atoms with Crippen molar-refractivity contribution in [2.24, 2.45) is 0 Å². The molecule has 0 radical (unpaired) electrons. The van der Waals surface area contributed by atoms with Gasteiger partial charge in [0.25, 0.3) is 0 Å². The Labute approximate surface area is 95.5 Å². The molecule has 1 rings (SSSR count). The third-order valence-electron chi connectivity index (χ3n) is 2.10. The molecule has 1 saturated heterocycles. The molecule has 0 saturated carbocycles. The van der Waals surface area contributed by atoms with Crippen LogP contribution in [-0.2, 0) is 12.5 Å². The van der Waals surface area contributed by atoms with Gasteiger partial charge in [-0.1, -0.05) is 0 Å². The molecule has 0 spiro atoms. The van der Waals surface area contributed by atoms with Crippen molar-refractivity contribution in [2.75, 3.05) is 13.7 Å². The van der Waals surface area contributed by atoms with Gasteiger partial charge in [0.15, 0.2) is 6.29 Å². The van der Waals surface area contributed by atoms with Crippen LogP contribution in [0.4, 0.5) is 0 Å². The maximum Gasteiger partial charge on any atom is 0.186 e. The molecule has 0 aromatic heterocycles. The fraction of sp³-hybridized carbons (Fsp3) is 1.00. The predicted octanol–water partition coefficient (Wildman–Crippen LogP) is -1.19. The van der Waals surface area contributed by atoms with Gasteiger partial charge in [-0.15, -0.1) is 0 Å². The summed E-state index contributed by atoms with van der Waals surface area (Å²) in [7, 11) is 1.35. The zero-order valence-corrected chi connectivity index (χ0v) is 9.70. The predicted molar refractivity (Wildman–Crippen MR) is 53.7 cm³/mol. The first-order valence-corrected chi connectivity index (χ1v) is 4.96. The van der Waals surface area contributed by atoms with Gasteiger partial charge in [0.1, 0.15) is 47.4 Å². The van der Waals surface area contributed by atoms with Crippen molar-refractivity contribution in [2.45, 2.75) is 30.7 Å². The van der Waals surface area contributed by atoms with Crippen LogP contribution in [0.15, 0.2) is 0 Å². The highest BCUT2D eigenvalue weighted by Gasteiger charge is 2.46. The van der Waals surface area contributed by atoms with Crippen LogP contribution in [0.5, 0.6) is 0 Å². The molecule has 1 fully saturated rings. The lowest BCUT2D eigenvalue weighted by molar-refractivity contribution is -0.165. The molecular formula is C7H13IO6. The Morgan fingerprint density at radius 1 is 1.43 bits per heavy atom. The molecular weight excluding hydrogens is 307 g/mol. The van der Waals surface area contributed by atoms with Crippen molar-refractivity contribution in [3.63, 3.8) is 0 Å². The summed E-state index contributed by atoms with van der Waals surface area (Å²) in [6.45, 7) is 0.0193. The largest absolute Gasteiger partial charge is 0.388 e. The molecule has 0 aromatic carbocycles. The van der Waals surface area contributed by atoms with Crippen LogP contribution in [0.25, 0.3) is 0 Å². The van der Waals surface area contributed by atoms with Crippen LogP contribution in [0.2, 0.25) is 0 Å². The molecule has 1 aliphatic heterocycles. The molecule has 3 N–H and O–H groups in total. The first-order chi connectivity index (χ1) is 6.61. The average Bonchev–Trinajstić information content (AvgIpc) is 2.44. The lowest BCUT2D eigenvalue weighted by Crippen LogP contribution is -2.40. The number of halogens is 1. The SMILES string of the molecule is CO[C@@H]1O[C@H](C(O)COI)[C@@H](O)[C@H]1O. The van der Waals surface area contributed by atoms with E-state index < -0.39 is 30.7 Å². The van der Waals surface area contributed by atoms with E-state index in [1.54, 1.807) is 23.0 Å². The van der Waals surface area contributed by atoms with E-state index in [0.29, 0.717) is 0 Å². The van der Waals surface area contributed by atoms with Gasteiger partial charge >= 0.3 is 0 Å². The molecule has 0 bridgehead atoms. The van der Waals surface area contributed by atoms with Crippen LogP contribution in [0.3, 0.4) is 0 Å². The fourth-order valence-electron chi connectivity index (χ4n) is 1.34. The van der Waals surface area contributed by atoms with Crippen molar-refractivity contribution in [3.05, 3.63) is 0 Å². The van der Waals surface area contributed by atoms with E-state index >= 15 is 0 Å². The second kappa shape index (κ2) is 5.54. The average molecular weight is 320 g/mol. The van der Waals surface area contributed by atoms with Gasteiger partial charge in [0.2, 0.25) is 0 Å². The van der Waals surface area contributed by atoms with E-state index in [1.807, 2.05) is 0 Å². The standard InChI is InChI=1S/C7H13IO6/c1-12-7-5(11)4(10)6(14-7)3(9)2-13-8/h3-7,9-11H,2H2,1H3/t3?,4-,5+,6+,7+/m0/s1. The molecule has 84 valence electrons. The number of hydrogen-bond acceptors (Lipinski definition) is 6. The van der Waals surface area contributed by atoms with Gasteiger partial charge < -0.3 is 27.9 Å². The topological polar surface area (TPSA) is 88.4 Å². The normalized spacial score (nSPS) is 40.1. The maximum atomic E-state index is 9.48. The molecule has 0 amide bonds. The van der Waals surface area contributed by atoms with E-state index in [2.05, 4.69) is 3.07 Å². The fourth-order valence-corrected chi connectivity index (χ4v) is 1.71. The van der Waals surface area contributed by atoms with Gasteiger partial charge in [-0.25, -0.2) is 0 Å². The smallest absolute Gasteiger partial charge is 0.186 e. The Kier molecular flexibility index (Phi) is 4.97. The minimum absolute atomic E-state index is 0.0193. The molecule has 0 aromatic rings. The van der Waals surface area contributed by atoms with Crippen LogP contribution < -0.4 is 0 Å². The van der Waals surface area contributed by atoms with Crippen molar-refractivity contribution < 1.29 is 27.9 Å². The van der Waals surface area contributed by atoms with E-state index in [0.717, 1.165) is 0 Å². The highest BCUT2D eigenvalue weighted by atomic mass is 127. The van der Waals surface area contributed by atoms with Crippen molar-refractivity contribution >= 4 is 23.0 Å². The van der Waals surface area contributed by atoms with E-state index in [9.17, 15) is 15.3 Å². The van der Waals surface area contributed by atoms with Crippen LogP contribution in [0.1, 0.15) is 0 Å². The van der Waals surface area contributed by atoms with Gasteiger partial charge in [-0.3, -0.25) is 0 Å². The minimum atomic E-state index is -1.17. The summed E-state index contributed by atoms with van der Waals surface area (Å²) in [5.74, 6) is 0. The van der Waals surface area contributed by atoms with Gasteiger partial charge in [0, 0.05) is 7.11 Å². The highest BCUT2D eigenvalue weighted by Crippen LogP contribution is 2.24. The summed E-state index contributed by atoms with van der Waals surface area (Å²) in [5.41, 5.74) is 0. The van der Waals surface area contributed by atoms with Crippen LogP contribution >= 0.6 is 23.0 Å². The Morgan fingerprint density at radius 3 is 2.50 bits per heavy atom. The lowest BCUT2D eigenvalue weighted by atomic mass is 10.1. The summed E-state index contributed by atoms with van der Waals surface area (Å²) in [4.78, 5) is 0. The minimum Gasteiger partial charge on any atom is -0.388 e. The molecule has 1 unspecified atom stereocenters. The first-order valence-electron chi connectivity index (χ1n) is 4.07. The summed E-state index contributed by atoms with van der Waals surface area (Å²) in [5, 5.41) is 28.3. The summed E-state index contributed by atoms with van der Waals surface area (Å²) in [6.07, 6.45) is -5.09. The molecule has 5 atom stereocenters. The molecule has 6 nitrogen and oxygen atoms in total. The number of ether oxygens (including phenoxy) is 2. The van der Waals surface area contributed by atoms with Gasteiger partial charge in [-0.05, 0) is 0 Å². The van der Waals surface area contributed by atoms with Gasteiger partial charge in [-0.2, -0.15) is 0 Å². The van der Waals surface area contributed by atoms with Crippen LogP contribution in [-0.4, -0.2) is 59.7 Å². The lowest BCUT2D eigenvalue weighted by Gasteiger charge is -2.19. The Balaban J connectivity index is 2.55. The number of methoxy groups -OCH3 is 1. The molecule has 7 heteroatoms. The Bertz CT molecular complexity index is 180. The zero-order chi connectivity index (χ0) is 10.7. The molecule has 14 heavy (non-hydrogen) atoms. The third-order valence-corrected chi connectivity index (χ3v) is 2.46. The highest BCUT2D eigenvalue weighted by molar-refractivity contribution is 14.1. The second-order valence-electron chi connectivity index (χ2n) is 3.03. The van der Waals surface area contributed by atoms with Crippen LogP contribution in [0, 0.1) is 0 Å². The van der Waals surface area contributed by atoms with Gasteiger partial charge in [0.05, 0.1) is 6.61 Å². The molecule has 0 aliphatic carbocycles. The number of aliphatic hydroxyl groups is 3. The van der Waals surface area contributed by atoms with Crippen molar-refractivity contribution in [1.29, 1.82) is 0 Å². The van der Waals surface area contributed by atoms with E-state index in [-0.39, 0.29) is 6.61 Å². The number of hydrogen-bond donors (Lipinski definition) is 3. The quantitative estimate of drug-likeness (QED) is 0.565. The van der Waals surface area contributed by atoms with E-state index in [4.69, 9.17) is 9.47 Å². The zero-order valence-electron chi connectivity index (χ0n) is 7.54. The monoisotopic (exact) mass is 320 g/mol. The number of aliphatic hydroxyl groups excluding tert-OH is 3. The van der Waals surface area contributed by atoms with Crippen molar-refractivity contribution in [1.82, 2.24) is 0 Å². The van der Waals surface area contributed by atoms with E-state index in [1.165, 1.54) is 7.11 Å². The summed E-state index contributed by atoms with van der Waals surface area (Å²) in [6, 6.07) is 0. The summed E-state index contributed by atoms with van der Waals surface area (Å²) >= 11 is 1.63. The molecule has 1 aliphatic rings. The maximum absolute atomic E-state index is 9.48. The second-order valence-corrected chi connectivity index (χ2v) is 3.65. The Hall–Kier alpha value is 0.490. The third kappa shape index (κ3) is 2.54. The Morgan fingerprint density at radius 2 is 2.07 bits per heavy atom. The first kappa shape index (κ1) is 12.6. The summed E-state index contributed by atoms with van der Waals surface area (Å²) < 4.78 is 14.5.